The summed E-state index contributed by atoms with van der Waals surface area (Å²) in [6, 6.07) is 23.2. The summed E-state index contributed by atoms with van der Waals surface area (Å²) in [5.41, 5.74) is 4.09. The molecule has 0 aliphatic carbocycles. The molecule has 0 aliphatic rings. The van der Waals surface area contributed by atoms with Gasteiger partial charge in [0.2, 0.25) is 0 Å². The van der Waals surface area contributed by atoms with Crippen LogP contribution in [0, 0.1) is 20.8 Å². The Morgan fingerprint density at radius 2 is 0.760 bits per heavy atom. The SMILES string of the molecule is CC.CC.CC.Cc1cccc2ccccc12.Cc1ccccc1C. The van der Waals surface area contributed by atoms with Crippen LogP contribution in [0.1, 0.15) is 58.2 Å². The quantitative estimate of drug-likeness (QED) is 0.385. The molecular formula is C25H38. The fourth-order valence-electron chi connectivity index (χ4n) is 2.05. The monoisotopic (exact) mass is 338 g/mol. The molecule has 0 bridgehead atoms. The molecule has 0 unspecified atom stereocenters. The fourth-order valence-corrected chi connectivity index (χ4v) is 2.05. The van der Waals surface area contributed by atoms with Gasteiger partial charge in [0.05, 0.1) is 0 Å². The average molecular weight is 339 g/mol. The Hall–Kier alpha value is -2.08. The van der Waals surface area contributed by atoms with E-state index in [0.717, 1.165) is 0 Å². The molecule has 0 saturated carbocycles. The molecule has 0 heteroatoms. The van der Waals surface area contributed by atoms with Crippen LogP contribution < -0.4 is 0 Å². The first kappa shape index (κ1) is 25.2. The van der Waals surface area contributed by atoms with Gasteiger partial charge >= 0.3 is 0 Å². The van der Waals surface area contributed by atoms with Crippen LogP contribution in [0.5, 0.6) is 0 Å². The first-order valence-corrected chi connectivity index (χ1v) is 9.65. The third-order valence-electron chi connectivity index (χ3n) is 3.43. The first-order valence-electron chi connectivity index (χ1n) is 9.65. The highest BCUT2D eigenvalue weighted by molar-refractivity contribution is 5.85. The third kappa shape index (κ3) is 9.72. The Balaban J connectivity index is 0. The second kappa shape index (κ2) is 16.8. The predicted octanol–water partition coefficient (Wildman–Crippen LogP) is 8.53. The van der Waals surface area contributed by atoms with Crippen LogP contribution in [-0.2, 0) is 0 Å². The molecule has 138 valence electrons. The molecule has 25 heavy (non-hydrogen) atoms. The second-order valence-electron chi connectivity index (χ2n) is 4.88. The predicted molar refractivity (Wildman–Crippen MR) is 119 cm³/mol. The van der Waals surface area contributed by atoms with Crippen LogP contribution >= 0.6 is 0 Å². The molecule has 3 rings (SSSR count). The minimum Gasteiger partial charge on any atom is -0.0683 e. The van der Waals surface area contributed by atoms with Gasteiger partial charge in [0.15, 0.2) is 0 Å². The van der Waals surface area contributed by atoms with Crippen molar-refractivity contribution < 1.29 is 0 Å². The third-order valence-corrected chi connectivity index (χ3v) is 3.43. The molecule has 0 atom stereocenters. The highest BCUT2D eigenvalue weighted by Crippen LogP contribution is 2.16. The molecule has 0 aromatic heterocycles. The van der Waals surface area contributed by atoms with Crippen molar-refractivity contribution in [3.8, 4) is 0 Å². The number of hydrogen-bond donors (Lipinski definition) is 0. The van der Waals surface area contributed by atoms with E-state index < -0.39 is 0 Å². The van der Waals surface area contributed by atoms with Crippen LogP contribution in [0.2, 0.25) is 0 Å². The summed E-state index contributed by atoms with van der Waals surface area (Å²) in [4.78, 5) is 0. The largest absolute Gasteiger partial charge is 0.0683 e. The van der Waals surface area contributed by atoms with E-state index in [9.17, 15) is 0 Å². The summed E-state index contributed by atoms with van der Waals surface area (Å²) in [7, 11) is 0. The molecule has 0 N–H and O–H groups in total. The van der Waals surface area contributed by atoms with E-state index in [2.05, 4.69) is 87.5 Å². The summed E-state index contributed by atoms with van der Waals surface area (Å²) < 4.78 is 0. The lowest BCUT2D eigenvalue weighted by Crippen LogP contribution is -1.75. The van der Waals surface area contributed by atoms with Crippen molar-refractivity contribution in [2.24, 2.45) is 0 Å². The fraction of sp³-hybridized carbons (Fsp3) is 0.360. The number of fused-ring (bicyclic) bond motifs is 1. The zero-order valence-corrected chi connectivity index (χ0v) is 17.9. The van der Waals surface area contributed by atoms with Crippen molar-refractivity contribution in [3.05, 3.63) is 83.4 Å². The number of benzene rings is 3. The number of hydrogen-bond acceptors (Lipinski definition) is 0. The van der Waals surface area contributed by atoms with Crippen LogP contribution in [0.15, 0.2) is 66.7 Å². The van der Waals surface area contributed by atoms with Crippen molar-refractivity contribution in [1.29, 1.82) is 0 Å². The lowest BCUT2D eigenvalue weighted by molar-refractivity contribution is 1.34. The molecule has 3 aromatic carbocycles. The topological polar surface area (TPSA) is 0 Å². The second-order valence-corrected chi connectivity index (χ2v) is 4.88. The van der Waals surface area contributed by atoms with E-state index in [4.69, 9.17) is 0 Å². The molecule has 0 amide bonds. The van der Waals surface area contributed by atoms with Gasteiger partial charge in [-0.25, -0.2) is 0 Å². The minimum atomic E-state index is 1.33. The molecule has 0 spiro atoms. The smallest absolute Gasteiger partial charge is 0.0155 e. The Labute approximate surface area is 156 Å². The average Bonchev–Trinajstić information content (AvgIpc) is 2.70. The Kier molecular flexibility index (Phi) is 16.9. The minimum absolute atomic E-state index is 1.33. The van der Waals surface area contributed by atoms with Crippen molar-refractivity contribution in [2.75, 3.05) is 0 Å². The Bertz CT molecular complexity index is 639. The standard InChI is InChI=1S/C11H10.C8H10.3C2H6/c1-9-5-4-7-10-6-2-3-8-11(9)10;1-7-5-3-4-6-8(7)2;3*1-2/h2-8H,1H3;3-6H,1-2H3;3*1-2H3. The van der Waals surface area contributed by atoms with Crippen LogP contribution in [0.4, 0.5) is 0 Å². The van der Waals surface area contributed by atoms with Crippen LogP contribution in [-0.4, -0.2) is 0 Å². The van der Waals surface area contributed by atoms with Crippen molar-refractivity contribution in [1.82, 2.24) is 0 Å². The first-order chi connectivity index (χ1) is 12.2. The molecule has 0 heterocycles. The zero-order valence-electron chi connectivity index (χ0n) is 17.9. The van der Waals surface area contributed by atoms with E-state index in [1.165, 1.54) is 27.5 Å². The van der Waals surface area contributed by atoms with Gasteiger partial charge in [-0.15, -0.1) is 0 Å². The maximum Gasteiger partial charge on any atom is -0.0155 e. The highest BCUT2D eigenvalue weighted by Gasteiger charge is 1.92. The maximum absolute atomic E-state index is 2.16. The molecule has 0 nitrogen and oxygen atoms in total. The molecule has 3 aromatic rings. The highest BCUT2D eigenvalue weighted by atomic mass is 14.0. The van der Waals surface area contributed by atoms with E-state index in [1.807, 2.05) is 41.5 Å². The van der Waals surface area contributed by atoms with Crippen LogP contribution in [0.25, 0.3) is 10.8 Å². The van der Waals surface area contributed by atoms with Gasteiger partial charge in [0, 0.05) is 0 Å². The summed E-state index contributed by atoms with van der Waals surface area (Å²) in [5, 5.41) is 2.68. The lowest BCUT2D eigenvalue weighted by Gasteiger charge is -1.98. The van der Waals surface area contributed by atoms with Crippen LogP contribution in [0.3, 0.4) is 0 Å². The van der Waals surface area contributed by atoms with Gasteiger partial charge < -0.3 is 0 Å². The maximum atomic E-state index is 2.16. The van der Waals surface area contributed by atoms with Crippen molar-refractivity contribution in [2.45, 2.75) is 62.3 Å². The molecule has 0 aliphatic heterocycles. The molecule has 0 saturated heterocycles. The molecule has 0 radical (unpaired) electrons. The van der Waals surface area contributed by atoms with Gasteiger partial charge in [-0.05, 0) is 48.2 Å². The van der Waals surface area contributed by atoms with E-state index in [0.29, 0.717) is 0 Å². The molecule has 0 fully saturated rings. The molecular weight excluding hydrogens is 300 g/mol. The summed E-state index contributed by atoms with van der Waals surface area (Å²) in [5.74, 6) is 0. The van der Waals surface area contributed by atoms with Gasteiger partial charge in [0.1, 0.15) is 0 Å². The van der Waals surface area contributed by atoms with Gasteiger partial charge in [-0.1, -0.05) is 108 Å². The van der Waals surface area contributed by atoms with Gasteiger partial charge in [-0.3, -0.25) is 0 Å². The van der Waals surface area contributed by atoms with E-state index >= 15 is 0 Å². The van der Waals surface area contributed by atoms with Gasteiger partial charge in [-0.2, -0.15) is 0 Å². The summed E-state index contributed by atoms with van der Waals surface area (Å²) in [6.07, 6.45) is 0. The summed E-state index contributed by atoms with van der Waals surface area (Å²) >= 11 is 0. The lowest BCUT2D eigenvalue weighted by atomic mass is 10.1. The normalized spacial score (nSPS) is 8.20. The van der Waals surface area contributed by atoms with E-state index in [-0.39, 0.29) is 0 Å². The van der Waals surface area contributed by atoms with Gasteiger partial charge in [0.25, 0.3) is 0 Å². The Morgan fingerprint density at radius 3 is 1.20 bits per heavy atom. The van der Waals surface area contributed by atoms with Crippen molar-refractivity contribution >= 4 is 10.8 Å². The van der Waals surface area contributed by atoms with Crippen molar-refractivity contribution in [3.63, 3.8) is 0 Å². The number of aryl methyl sites for hydroxylation is 3. The zero-order chi connectivity index (χ0) is 19.7. The Morgan fingerprint density at radius 1 is 0.400 bits per heavy atom. The number of rotatable bonds is 0. The van der Waals surface area contributed by atoms with E-state index in [1.54, 1.807) is 0 Å². The summed E-state index contributed by atoms with van der Waals surface area (Å²) in [6.45, 7) is 18.4.